The lowest BCUT2D eigenvalue weighted by molar-refractivity contribution is 0.759. The third kappa shape index (κ3) is 1.51. The second kappa shape index (κ2) is 3.44. The number of nitrogens with zero attached hydrogens (tertiary/aromatic N) is 4. The Hall–Kier alpha value is -1.74. The summed E-state index contributed by atoms with van der Waals surface area (Å²) in [7, 11) is 0. The average Bonchev–Trinajstić information content (AvgIpc) is 2.61. The monoisotopic (exact) mass is 219 g/mol. The molecule has 2 aromatic heterocycles. The van der Waals surface area contributed by atoms with Crippen molar-refractivity contribution in [3.8, 4) is 12.3 Å². The molecule has 6 heteroatoms. The highest BCUT2D eigenvalue weighted by Gasteiger charge is 2.11. The Labute approximate surface area is 92.1 Å². The minimum Gasteiger partial charge on any atom is -0.382 e. The van der Waals surface area contributed by atoms with Crippen molar-refractivity contribution >= 4 is 29.6 Å². The minimum absolute atomic E-state index is 0.0464. The van der Waals surface area contributed by atoms with E-state index < -0.39 is 0 Å². The van der Waals surface area contributed by atoms with Crippen molar-refractivity contribution in [3.63, 3.8) is 0 Å². The van der Waals surface area contributed by atoms with Gasteiger partial charge in [-0.05, 0) is 12.8 Å². The van der Waals surface area contributed by atoms with Gasteiger partial charge in [-0.2, -0.15) is 12.6 Å². The number of nitrogens with two attached hydrogens (primary N) is 1. The number of rotatable bonds is 1. The van der Waals surface area contributed by atoms with Crippen LogP contribution in [0.25, 0.3) is 11.2 Å². The minimum atomic E-state index is -0.0464. The van der Waals surface area contributed by atoms with Crippen LogP contribution in [-0.4, -0.2) is 19.5 Å². The Morgan fingerprint density at radius 2 is 2.33 bits per heavy atom. The summed E-state index contributed by atoms with van der Waals surface area (Å²) in [6.07, 6.45) is 6.84. The van der Waals surface area contributed by atoms with E-state index in [-0.39, 0.29) is 11.2 Å². The van der Waals surface area contributed by atoms with E-state index in [0.29, 0.717) is 17.0 Å². The molecule has 0 amide bonds. The highest BCUT2D eigenvalue weighted by atomic mass is 32.1. The maximum absolute atomic E-state index is 5.70. The lowest BCUT2D eigenvalue weighted by atomic mass is 10.4. The predicted molar refractivity (Wildman–Crippen MR) is 61.4 cm³/mol. The van der Waals surface area contributed by atoms with Gasteiger partial charge in [0.15, 0.2) is 11.5 Å². The van der Waals surface area contributed by atoms with E-state index in [1.165, 1.54) is 0 Å². The molecule has 0 aromatic carbocycles. The number of hydrogen-bond donors (Lipinski definition) is 2. The third-order valence-electron chi connectivity index (χ3n) is 1.98. The topological polar surface area (TPSA) is 69.6 Å². The molecule has 0 fully saturated rings. The van der Waals surface area contributed by atoms with Crippen molar-refractivity contribution in [2.75, 3.05) is 5.73 Å². The Kier molecular flexibility index (Phi) is 2.25. The van der Waals surface area contributed by atoms with Gasteiger partial charge in [-0.25, -0.2) is 15.0 Å². The first-order valence-electron chi connectivity index (χ1n) is 4.28. The molecule has 0 aliphatic rings. The van der Waals surface area contributed by atoms with Gasteiger partial charge < -0.3 is 10.3 Å². The van der Waals surface area contributed by atoms with Crippen LogP contribution >= 0.6 is 12.6 Å². The summed E-state index contributed by atoms with van der Waals surface area (Å²) < 4.78 is 1.78. The van der Waals surface area contributed by atoms with Crippen LogP contribution in [0.3, 0.4) is 0 Å². The molecule has 1 atom stereocenters. The van der Waals surface area contributed by atoms with E-state index in [1.807, 2.05) is 6.92 Å². The molecule has 0 aliphatic carbocycles. The van der Waals surface area contributed by atoms with E-state index in [9.17, 15) is 0 Å². The highest BCUT2D eigenvalue weighted by molar-refractivity contribution is 7.80. The van der Waals surface area contributed by atoms with Gasteiger partial charge in [-0.1, -0.05) is 0 Å². The molecule has 76 valence electrons. The van der Waals surface area contributed by atoms with Crippen LogP contribution in [0.4, 0.5) is 5.82 Å². The number of fused-ring (bicyclic) bond motifs is 1. The normalized spacial score (nSPS) is 12.6. The first kappa shape index (κ1) is 9.80. The van der Waals surface area contributed by atoms with Gasteiger partial charge in [-0.15, -0.1) is 6.42 Å². The summed E-state index contributed by atoms with van der Waals surface area (Å²) in [6, 6.07) is 0. The Bertz CT molecular complexity index is 551. The van der Waals surface area contributed by atoms with Gasteiger partial charge >= 0.3 is 0 Å². The average molecular weight is 219 g/mol. The third-order valence-corrected chi connectivity index (χ3v) is 2.23. The summed E-state index contributed by atoms with van der Waals surface area (Å²) in [6.45, 7) is 1.90. The number of hydrogen-bond acceptors (Lipinski definition) is 5. The summed E-state index contributed by atoms with van der Waals surface area (Å²) >= 11 is 4.30. The molecular formula is C9H9N5S. The largest absolute Gasteiger partial charge is 0.382 e. The van der Waals surface area contributed by atoms with Crippen molar-refractivity contribution in [1.29, 1.82) is 0 Å². The zero-order chi connectivity index (χ0) is 11.0. The van der Waals surface area contributed by atoms with Crippen LogP contribution in [0.15, 0.2) is 6.33 Å². The molecule has 2 heterocycles. The molecule has 0 unspecified atom stereocenters. The smallest absolute Gasteiger partial charge is 0.208 e. The van der Waals surface area contributed by atoms with Gasteiger partial charge in [-0.3, -0.25) is 0 Å². The molecule has 0 saturated carbocycles. The lowest BCUT2D eigenvalue weighted by Crippen LogP contribution is -2.02. The first-order valence-corrected chi connectivity index (χ1v) is 4.80. The summed E-state index contributed by atoms with van der Waals surface area (Å²) in [5.74, 6) is 2.90. The van der Waals surface area contributed by atoms with Gasteiger partial charge in [0.25, 0.3) is 0 Å². The molecule has 15 heavy (non-hydrogen) atoms. The van der Waals surface area contributed by atoms with Gasteiger partial charge in [0.05, 0.1) is 11.7 Å². The quantitative estimate of drug-likeness (QED) is 0.551. The SMILES string of the molecule is C#Cc1nc(N)c2ncn([C@H](C)S)c2n1. The van der Waals surface area contributed by atoms with Crippen LogP contribution in [0.1, 0.15) is 18.1 Å². The Balaban J connectivity index is 2.80. The maximum atomic E-state index is 5.70. The molecule has 2 rings (SSSR count). The second-order valence-corrected chi connectivity index (χ2v) is 3.78. The van der Waals surface area contributed by atoms with Crippen molar-refractivity contribution < 1.29 is 0 Å². The molecule has 0 bridgehead atoms. The standard InChI is InChI=1S/C9H9N5S/c1-3-6-12-8(10)7-9(13-6)14(4-11-7)5(2)15/h1,4-5,15H,2H3,(H2,10,12,13)/t5-/m0/s1. The second-order valence-electron chi connectivity index (χ2n) is 3.03. The molecule has 0 saturated heterocycles. The number of nitrogen functional groups attached to an aromatic ring is 1. The predicted octanol–water partition coefficient (Wildman–Crippen LogP) is 0.838. The fraction of sp³-hybridized carbons (Fsp3) is 0.222. The summed E-state index contributed by atoms with van der Waals surface area (Å²) in [5, 5.41) is -0.0464. The molecule has 0 spiro atoms. The van der Waals surface area contributed by atoms with Crippen LogP contribution < -0.4 is 5.73 Å². The van der Waals surface area contributed by atoms with Crippen molar-refractivity contribution in [1.82, 2.24) is 19.5 Å². The summed E-state index contributed by atoms with van der Waals surface area (Å²) in [5.41, 5.74) is 6.86. The van der Waals surface area contributed by atoms with Crippen LogP contribution in [0.5, 0.6) is 0 Å². The van der Waals surface area contributed by atoms with E-state index in [1.54, 1.807) is 10.9 Å². The number of anilines is 1. The number of imidazole rings is 1. The Morgan fingerprint density at radius 1 is 1.60 bits per heavy atom. The fourth-order valence-electron chi connectivity index (χ4n) is 1.28. The Morgan fingerprint density at radius 3 is 2.93 bits per heavy atom. The molecule has 2 N–H and O–H groups in total. The van der Waals surface area contributed by atoms with E-state index >= 15 is 0 Å². The van der Waals surface area contributed by atoms with Crippen molar-refractivity contribution in [2.24, 2.45) is 0 Å². The van der Waals surface area contributed by atoms with Crippen LogP contribution in [0.2, 0.25) is 0 Å². The molecule has 5 nitrogen and oxygen atoms in total. The van der Waals surface area contributed by atoms with Gasteiger partial charge in [0.2, 0.25) is 5.82 Å². The maximum Gasteiger partial charge on any atom is 0.208 e. The van der Waals surface area contributed by atoms with Crippen molar-refractivity contribution in [2.45, 2.75) is 12.3 Å². The molecular weight excluding hydrogens is 210 g/mol. The first-order chi connectivity index (χ1) is 7.13. The van der Waals surface area contributed by atoms with Gasteiger partial charge in [0.1, 0.15) is 5.52 Å². The summed E-state index contributed by atoms with van der Waals surface area (Å²) in [4.78, 5) is 12.2. The number of thiol groups is 1. The zero-order valence-corrected chi connectivity index (χ0v) is 8.94. The molecule has 2 aromatic rings. The van der Waals surface area contributed by atoms with Gasteiger partial charge in [0, 0.05) is 0 Å². The van der Waals surface area contributed by atoms with Crippen LogP contribution in [0, 0.1) is 12.3 Å². The number of aromatic nitrogens is 4. The van der Waals surface area contributed by atoms with Crippen molar-refractivity contribution in [3.05, 3.63) is 12.2 Å². The van der Waals surface area contributed by atoms with E-state index in [0.717, 1.165) is 0 Å². The lowest BCUT2D eigenvalue weighted by Gasteiger charge is -2.06. The van der Waals surface area contributed by atoms with Crippen LogP contribution in [-0.2, 0) is 0 Å². The number of terminal acetylenes is 1. The highest BCUT2D eigenvalue weighted by Crippen LogP contribution is 2.20. The molecule has 0 radical (unpaired) electrons. The van der Waals surface area contributed by atoms with E-state index in [4.69, 9.17) is 12.2 Å². The van der Waals surface area contributed by atoms with E-state index in [2.05, 4.69) is 33.5 Å². The fourth-order valence-corrected chi connectivity index (χ4v) is 1.45. The zero-order valence-electron chi connectivity index (χ0n) is 8.05. The molecule has 0 aliphatic heterocycles.